The monoisotopic (exact) mass is 274 g/mol. The highest BCUT2D eigenvalue weighted by Gasteiger charge is 2.47. The molecule has 0 spiro atoms. The minimum absolute atomic E-state index is 0.178. The standard InChI is InChI=1S/C16H22N2O2/c1-12-5-3-4-6-13(12)10-18-11-16(2,20-15(18)19)14-7-8-17-9-14/h3-6,14,17H,7-11H2,1-2H3. The molecule has 1 amide bonds. The molecule has 108 valence electrons. The Bertz CT molecular complexity index is 511. The summed E-state index contributed by atoms with van der Waals surface area (Å²) < 4.78 is 5.70. The molecule has 0 aliphatic carbocycles. The number of nitrogens with one attached hydrogen (secondary N) is 1. The van der Waals surface area contributed by atoms with Crippen LogP contribution in [0, 0.1) is 12.8 Å². The predicted octanol–water partition coefficient (Wildman–Crippen LogP) is 2.32. The lowest BCUT2D eigenvalue weighted by molar-refractivity contribution is 0.0287. The van der Waals surface area contributed by atoms with Gasteiger partial charge in [0.05, 0.1) is 6.54 Å². The van der Waals surface area contributed by atoms with Crippen LogP contribution in [0.5, 0.6) is 0 Å². The van der Waals surface area contributed by atoms with Crippen LogP contribution in [0.2, 0.25) is 0 Å². The van der Waals surface area contributed by atoms with Crippen molar-refractivity contribution in [1.82, 2.24) is 10.2 Å². The van der Waals surface area contributed by atoms with E-state index in [0.29, 0.717) is 19.0 Å². The van der Waals surface area contributed by atoms with Crippen LogP contribution in [-0.4, -0.2) is 36.2 Å². The summed E-state index contributed by atoms with van der Waals surface area (Å²) in [6, 6.07) is 8.20. The number of cyclic esters (lactones) is 1. The molecular weight excluding hydrogens is 252 g/mol. The lowest BCUT2D eigenvalue weighted by Crippen LogP contribution is -2.40. The summed E-state index contributed by atoms with van der Waals surface area (Å²) in [4.78, 5) is 14.0. The van der Waals surface area contributed by atoms with Gasteiger partial charge in [-0.25, -0.2) is 4.79 Å². The molecule has 2 unspecified atom stereocenters. The topological polar surface area (TPSA) is 41.6 Å². The summed E-state index contributed by atoms with van der Waals surface area (Å²) in [5.74, 6) is 0.424. The van der Waals surface area contributed by atoms with E-state index in [-0.39, 0.29) is 11.7 Å². The van der Waals surface area contributed by atoms with Gasteiger partial charge in [-0.3, -0.25) is 4.90 Å². The lowest BCUT2D eigenvalue weighted by Gasteiger charge is -2.28. The Hall–Kier alpha value is -1.55. The van der Waals surface area contributed by atoms with Crippen LogP contribution in [0.1, 0.15) is 24.5 Å². The fourth-order valence-corrected chi connectivity index (χ4v) is 3.24. The summed E-state index contributed by atoms with van der Waals surface area (Å²) in [6.45, 7) is 7.45. The summed E-state index contributed by atoms with van der Waals surface area (Å²) in [6.07, 6.45) is 0.907. The second kappa shape index (κ2) is 5.09. The van der Waals surface area contributed by atoms with Gasteiger partial charge in [0.1, 0.15) is 5.60 Å². The molecule has 1 N–H and O–H groups in total. The van der Waals surface area contributed by atoms with Crippen LogP contribution >= 0.6 is 0 Å². The first-order chi connectivity index (χ1) is 9.58. The maximum Gasteiger partial charge on any atom is 0.410 e. The van der Waals surface area contributed by atoms with Crippen LogP contribution in [0.15, 0.2) is 24.3 Å². The summed E-state index contributed by atoms with van der Waals surface area (Å²) in [5.41, 5.74) is 2.07. The van der Waals surface area contributed by atoms with E-state index in [4.69, 9.17) is 4.74 Å². The Balaban J connectivity index is 1.72. The first-order valence-corrected chi connectivity index (χ1v) is 7.32. The van der Waals surface area contributed by atoms with E-state index in [2.05, 4.69) is 31.3 Å². The number of amides is 1. The van der Waals surface area contributed by atoms with Crippen LogP contribution in [0.4, 0.5) is 4.79 Å². The van der Waals surface area contributed by atoms with E-state index in [1.165, 1.54) is 11.1 Å². The van der Waals surface area contributed by atoms with Crippen molar-refractivity contribution in [2.75, 3.05) is 19.6 Å². The molecule has 0 radical (unpaired) electrons. The predicted molar refractivity (Wildman–Crippen MR) is 77.5 cm³/mol. The molecule has 2 atom stereocenters. The van der Waals surface area contributed by atoms with Crippen molar-refractivity contribution < 1.29 is 9.53 Å². The van der Waals surface area contributed by atoms with Crippen molar-refractivity contribution in [2.24, 2.45) is 5.92 Å². The van der Waals surface area contributed by atoms with Crippen molar-refractivity contribution >= 4 is 6.09 Å². The molecule has 3 rings (SSSR count). The first-order valence-electron chi connectivity index (χ1n) is 7.32. The highest BCUT2D eigenvalue weighted by Crippen LogP contribution is 2.34. The third-order valence-corrected chi connectivity index (χ3v) is 4.63. The minimum atomic E-state index is -0.344. The molecule has 1 aromatic rings. The molecule has 0 aromatic heterocycles. The fraction of sp³-hybridized carbons (Fsp3) is 0.562. The minimum Gasteiger partial charge on any atom is -0.441 e. The average Bonchev–Trinajstić information content (AvgIpc) is 3.02. The molecule has 2 heterocycles. The Morgan fingerprint density at radius 1 is 1.45 bits per heavy atom. The summed E-state index contributed by atoms with van der Waals surface area (Å²) in [7, 11) is 0. The van der Waals surface area contributed by atoms with Crippen molar-refractivity contribution in [3.63, 3.8) is 0 Å². The van der Waals surface area contributed by atoms with E-state index < -0.39 is 0 Å². The smallest absolute Gasteiger partial charge is 0.410 e. The zero-order valence-corrected chi connectivity index (χ0v) is 12.2. The number of rotatable bonds is 3. The van der Waals surface area contributed by atoms with Gasteiger partial charge in [-0.05, 0) is 37.9 Å². The molecule has 2 fully saturated rings. The third kappa shape index (κ3) is 2.40. The van der Waals surface area contributed by atoms with Crippen LogP contribution < -0.4 is 5.32 Å². The van der Waals surface area contributed by atoms with Crippen molar-refractivity contribution in [3.05, 3.63) is 35.4 Å². The number of hydrogen-bond donors (Lipinski definition) is 1. The maximum atomic E-state index is 12.1. The van der Waals surface area contributed by atoms with Gasteiger partial charge in [-0.1, -0.05) is 24.3 Å². The molecule has 4 nitrogen and oxygen atoms in total. The fourth-order valence-electron chi connectivity index (χ4n) is 3.24. The highest BCUT2D eigenvalue weighted by molar-refractivity contribution is 5.70. The van der Waals surface area contributed by atoms with Crippen molar-refractivity contribution in [1.29, 1.82) is 0 Å². The van der Waals surface area contributed by atoms with Gasteiger partial charge < -0.3 is 10.1 Å². The molecule has 4 heteroatoms. The Kier molecular flexibility index (Phi) is 3.42. The number of hydrogen-bond acceptors (Lipinski definition) is 3. The van der Waals surface area contributed by atoms with E-state index in [1.54, 1.807) is 0 Å². The van der Waals surface area contributed by atoms with E-state index >= 15 is 0 Å². The number of carbonyl (C=O) groups excluding carboxylic acids is 1. The van der Waals surface area contributed by atoms with Crippen LogP contribution in [0.3, 0.4) is 0 Å². The van der Waals surface area contributed by atoms with E-state index in [0.717, 1.165) is 19.5 Å². The number of aryl methyl sites for hydroxylation is 1. The number of ether oxygens (including phenoxy) is 1. The maximum absolute atomic E-state index is 12.1. The molecule has 2 saturated heterocycles. The second-order valence-electron chi connectivity index (χ2n) is 6.15. The van der Waals surface area contributed by atoms with Gasteiger partial charge in [-0.2, -0.15) is 0 Å². The van der Waals surface area contributed by atoms with Gasteiger partial charge in [0.25, 0.3) is 0 Å². The Morgan fingerprint density at radius 2 is 2.25 bits per heavy atom. The van der Waals surface area contributed by atoms with Crippen LogP contribution in [0.25, 0.3) is 0 Å². The Labute approximate surface area is 120 Å². The number of nitrogens with zero attached hydrogens (tertiary/aromatic N) is 1. The van der Waals surface area contributed by atoms with E-state index in [1.807, 2.05) is 17.0 Å². The number of benzene rings is 1. The second-order valence-corrected chi connectivity index (χ2v) is 6.15. The highest BCUT2D eigenvalue weighted by atomic mass is 16.6. The zero-order valence-electron chi connectivity index (χ0n) is 12.2. The van der Waals surface area contributed by atoms with Gasteiger partial charge in [-0.15, -0.1) is 0 Å². The summed E-state index contributed by atoms with van der Waals surface area (Å²) in [5, 5.41) is 3.35. The average molecular weight is 274 g/mol. The Morgan fingerprint density at radius 3 is 2.95 bits per heavy atom. The summed E-state index contributed by atoms with van der Waals surface area (Å²) >= 11 is 0. The lowest BCUT2D eigenvalue weighted by atomic mass is 9.88. The molecule has 2 aliphatic rings. The normalized spacial score (nSPS) is 29.8. The van der Waals surface area contributed by atoms with E-state index in [9.17, 15) is 4.79 Å². The number of carbonyl (C=O) groups is 1. The van der Waals surface area contributed by atoms with Gasteiger partial charge in [0, 0.05) is 19.0 Å². The van der Waals surface area contributed by atoms with Gasteiger partial charge >= 0.3 is 6.09 Å². The van der Waals surface area contributed by atoms with Crippen molar-refractivity contribution in [3.8, 4) is 0 Å². The SMILES string of the molecule is Cc1ccccc1CN1CC(C)(C2CCNC2)OC1=O. The van der Waals surface area contributed by atoms with Gasteiger partial charge in [0.15, 0.2) is 0 Å². The molecule has 1 aromatic carbocycles. The van der Waals surface area contributed by atoms with Crippen molar-refractivity contribution in [2.45, 2.75) is 32.4 Å². The molecular formula is C16H22N2O2. The first kappa shape index (κ1) is 13.4. The zero-order chi connectivity index (χ0) is 14.2. The van der Waals surface area contributed by atoms with Gasteiger partial charge in [0.2, 0.25) is 0 Å². The molecule has 0 bridgehead atoms. The quantitative estimate of drug-likeness (QED) is 0.919. The third-order valence-electron chi connectivity index (χ3n) is 4.63. The molecule has 0 saturated carbocycles. The molecule has 2 aliphatic heterocycles. The van der Waals surface area contributed by atoms with Crippen LogP contribution in [-0.2, 0) is 11.3 Å². The largest absolute Gasteiger partial charge is 0.441 e. The molecule has 20 heavy (non-hydrogen) atoms.